The first kappa shape index (κ1) is 21.4. The van der Waals surface area contributed by atoms with Gasteiger partial charge in [0, 0.05) is 10.6 Å². The van der Waals surface area contributed by atoms with Crippen molar-refractivity contribution in [3.05, 3.63) is 23.8 Å². The van der Waals surface area contributed by atoms with Crippen molar-refractivity contribution >= 4 is 11.8 Å². The van der Waals surface area contributed by atoms with Gasteiger partial charge in [0.1, 0.15) is 5.75 Å². The summed E-state index contributed by atoms with van der Waals surface area (Å²) >= 11 is 1.83. The molecule has 0 saturated carbocycles. The van der Waals surface area contributed by atoms with E-state index >= 15 is 0 Å². The third kappa shape index (κ3) is 7.09. The molecule has 0 saturated heterocycles. The van der Waals surface area contributed by atoms with Crippen molar-refractivity contribution in [2.45, 2.75) is 90.9 Å². The zero-order valence-electron chi connectivity index (χ0n) is 16.9. The lowest BCUT2D eigenvalue weighted by atomic mass is 9.72. The highest BCUT2D eigenvalue weighted by molar-refractivity contribution is 7.99. The molecule has 0 aromatic heterocycles. The first-order chi connectivity index (χ1) is 11.1. The Morgan fingerprint density at radius 1 is 1.08 bits per heavy atom. The quantitative estimate of drug-likeness (QED) is 0.468. The van der Waals surface area contributed by atoms with Gasteiger partial charge in [-0.3, -0.25) is 0 Å². The van der Waals surface area contributed by atoms with Crippen molar-refractivity contribution in [3.8, 4) is 5.75 Å². The SMILES string of the molecule is CCCCC(CC)CSc1cc(C(C)(C)CC(C)(C)C)ccc1O. The third-order valence-corrected chi connectivity index (χ3v) is 6.01. The van der Waals surface area contributed by atoms with Crippen LogP contribution < -0.4 is 0 Å². The molecule has 0 aliphatic carbocycles. The standard InChI is InChI=1S/C22H38OS/c1-8-10-11-17(9-2)15-24-20-14-18(12-13-19(20)23)22(6,7)16-21(3,4)5/h12-14,17,23H,8-11,15-16H2,1-7H3. The summed E-state index contributed by atoms with van der Waals surface area (Å²) in [5.41, 5.74) is 1.75. The summed E-state index contributed by atoms with van der Waals surface area (Å²) in [6.07, 6.45) is 6.23. The lowest BCUT2D eigenvalue weighted by Crippen LogP contribution is -2.24. The zero-order valence-corrected chi connectivity index (χ0v) is 17.7. The Bertz CT molecular complexity index is 499. The molecule has 0 radical (unpaired) electrons. The number of thioether (sulfide) groups is 1. The molecule has 0 bridgehead atoms. The second-order valence-electron chi connectivity index (χ2n) is 9.03. The van der Waals surface area contributed by atoms with E-state index in [4.69, 9.17) is 0 Å². The Hall–Kier alpha value is -0.630. The molecule has 0 fully saturated rings. The van der Waals surface area contributed by atoms with E-state index in [9.17, 15) is 5.11 Å². The van der Waals surface area contributed by atoms with Crippen LogP contribution in [0.5, 0.6) is 5.75 Å². The molecular weight excluding hydrogens is 312 g/mol. The average Bonchev–Trinajstić information content (AvgIpc) is 2.46. The van der Waals surface area contributed by atoms with Gasteiger partial charge in [0.25, 0.3) is 0 Å². The van der Waals surface area contributed by atoms with Crippen LogP contribution >= 0.6 is 11.8 Å². The van der Waals surface area contributed by atoms with E-state index in [0.29, 0.717) is 11.2 Å². The lowest BCUT2D eigenvalue weighted by Gasteiger charge is -2.33. The van der Waals surface area contributed by atoms with E-state index in [1.54, 1.807) is 0 Å². The number of aromatic hydroxyl groups is 1. The number of benzene rings is 1. The fourth-order valence-electron chi connectivity index (χ4n) is 3.58. The van der Waals surface area contributed by atoms with Crippen LogP contribution in [0.25, 0.3) is 0 Å². The average molecular weight is 351 g/mol. The van der Waals surface area contributed by atoms with Gasteiger partial charge in [-0.05, 0) is 47.3 Å². The molecule has 0 heterocycles. The van der Waals surface area contributed by atoms with Gasteiger partial charge in [-0.1, -0.05) is 73.8 Å². The zero-order chi connectivity index (χ0) is 18.4. The first-order valence-electron chi connectivity index (χ1n) is 9.55. The number of rotatable bonds is 9. The molecule has 0 aliphatic rings. The van der Waals surface area contributed by atoms with Crippen LogP contribution in [0, 0.1) is 11.3 Å². The number of hydrogen-bond acceptors (Lipinski definition) is 2. The molecular formula is C22H38OS. The number of unbranched alkanes of at least 4 members (excludes halogenated alkanes) is 1. The summed E-state index contributed by atoms with van der Waals surface area (Å²) in [6, 6.07) is 6.20. The van der Waals surface area contributed by atoms with Crippen LogP contribution in [-0.4, -0.2) is 10.9 Å². The van der Waals surface area contributed by atoms with E-state index in [-0.39, 0.29) is 5.41 Å². The highest BCUT2D eigenvalue weighted by Gasteiger charge is 2.27. The van der Waals surface area contributed by atoms with Crippen LogP contribution in [0.15, 0.2) is 23.1 Å². The molecule has 1 unspecified atom stereocenters. The van der Waals surface area contributed by atoms with Gasteiger partial charge in [-0.2, -0.15) is 0 Å². The topological polar surface area (TPSA) is 20.2 Å². The molecule has 0 aliphatic heterocycles. The van der Waals surface area contributed by atoms with Gasteiger partial charge in [0.2, 0.25) is 0 Å². The van der Waals surface area contributed by atoms with E-state index in [0.717, 1.165) is 23.0 Å². The minimum absolute atomic E-state index is 0.119. The number of phenolic OH excluding ortho intramolecular Hbond substituents is 1. The van der Waals surface area contributed by atoms with Crippen LogP contribution in [0.1, 0.15) is 86.1 Å². The number of phenols is 1. The molecule has 1 nitrogen and oxygen atoms in total. The molecule has 1 atom stereocenters. The van der Waals surface area contributed by atoms with Crippen molar-refractivity contribution < 1.29 is 5.11 Å². The molecule has 138 valence electrons. The van der Waals surface area contributed by atoms with E-state index < -0.39 is 0 Å². The lowest BCUT2D eigenvalue weighted by molar-refractivity contribution is 0.283. The van der Waals surface area contributed by atoms with E-state index in [1.807, 2.05) is 17.8 Å². The van der Waals surface area contributed by atoms with Crippen molar-refractivity contribution in [1.29, 1.82) is 0 Å². The van der Waals surface area contributed by atoms with Gasteiger partial charge in [0.05, 0.1) is 0 Å². The van der Waals surface area contributed by atoms with Gasteiger partial charge in [-0.25, -0.2) is 0 Å². The smallest absolute Gasteiger partial charge is 0.129 e. The van der Waals surface area contributed by atoms with Crippen molar-refractivity contribution in [2.24, 2.45) is 11.3 Å². The predicted octanol–water partition coefficient (Wildman–Crippen LogP) is 7.41. The Morgan fingerprint density at radius 2 is 1.75 bits per heavy atom. The Labute approximate surface area is 154 Å². The maximum Gasteiger partial charge on any atom is 0.129 e. The largest absolute Gasteiger partial charge is 0.507 e. The molecule has 0 amide bonds. The Balaban J connectivity index is 2.86. The Kier molecular flexibility index (Phi) is 8.19. The van der Waals surface area contributed by atoms with Gasteiger partial charge in [0.15, 0.2) is 0 Å². The highest BCUT2D eigenvalue weighted by atomic mass is 32.2. The molecule has 2 heteroatoms. The van der Waals surface area contributed by atoms with Crippen molar-refractivity contribution in [2.75, 3.05) is 5.75 Å². The fraction of sp³-hybridized carbons (Fsp3) is 0.727. The molecule has 0 spiro atoms. The van der Waals surface area contributed by atoms with Crippen molar-refractivity contribution in [1.82, 2.24) is 0 Å². The molecule has 1 rings (SSSR count). The maximum atomic E-state index is 10.3. The van der Waals surface area contributed by atoms with Gasteiger partial charge in [-0.15, -0.1) is 11.8 Å². The highest BCUT2D eigenvalue weighted by Crippen LogP contribution is 2.40. The van der Waals surface area contributed by atoms with E-state index in [2.05, 4.69) is 60.6 Å². The van der Waals surface area contributed by atoms with Crippen LogP contribution in [-0.2, 0) is 5.41 Å². The second kappa shape index (κ2) is 9.17. The minimum atomic E-state index is 0.119. The maximum absolute atomic E-state index is 10.3. The second-order valence-corrected chi connectivity index (χ2v) is 10.1. The predicted molar refractivity (Wildman–Crippen MR) is 109 cm³/mol. The minimum Gasteiger partial charge on any atom is -0.507 e. The molecule has 1 aromatic rings. The Morgan fingerprint density at radius 3 is 2.29 bits per heavy atom. The van der Waals surface area contributed by atoms with Crippen LogP contribution in [0.4, 0.5) is 0 Å². The monoisotopic (exact) mass is 350 g/mol. The first-order valence-corrected chi connectivity index (χ1v) is 10.5. The molecule has 24 heavy (non-hydrogen) atoms. The summed E-state index contributed by atoms with van der Waals surface area (Å²) in [5, 5.41) is 10.3. The number of hydrogen-bond donors (Lipinski definition) is 1. The molecule has 1 aromatic carbocycles. The summed E-state index contributed by atoms with van der Waals surface area (Å²) < 4.78 is 0. The fourth-order valence-corrected chi connectivity index (χ4v) is 4.83. The third-order valence-electron chi connectivity index (χ3n) is 4.73. The van der Waals surface area contributed by atoms with Gasteiger partial charge >= 0.3 is 0 Å². The normalized spacial score (nSPS) is 14.0. The molecule has 1 N–H and O–H groups in total. The summed E-state index contributed by atoms with van der Waals surface area (Å²) in [4.78, 5) is 1.05. The summed E-state index contributed by atoms with van der Waals surface area (Å²) in [7, 11) is 0. The van der Waals surface area contributed by atoms with E-state index in [1.165, 1.54) is 31.2 Å². The van der Waals surface area contributed by atoms with Crippen molar-refractivity contribution in [3.63, 3.8) is 0 Å². The van der Waals surface area contributed by atoms with Crippen LogP contribution in [0.2, 0.25) is 0 Å². The van der Waals surface area contributed by atoms with Gasteiger partial charge < -0.3 is 5.11 Å². The summed E-state index contributed by atoms with van der Waals surface area (Å²) in [6.45, 7) is 16.1. The summed E-state index contributed by atoms with van der Waals surface area (Å²) in [5.74, 6) is 2.29. The van der Waals surface area contributed by atoms with Crippen LogP contribution in [0.3, 0.4) is 0 Å².